The number of likely N-dealkylation sites (tertiary alicyclic amines) is 1. The summed E-state index contributed by atoms with van der Waals surface area (Å²) in [4.78, 5) is 14.1. The standard InChI is InChI=1S/C15H23N3O2/c1-11(19)9-14-5-4-8-18(14)15(20)7-6-13-10-16-17(3)12(13)2/h6-7,10-11,14,19H,4-5,8-9H2,1-3H3/b7-6+. The van der Waals surface area contributed by atoms with Crippen molar-refractivity contribution in [3.63, 3.8) is 0 Å². The van der Waals surface area contributed by atoms with Gasteiger partial charge in [0, 0.05) is 37.0 Å². The van der Waals surface area contributed by atoms with Gasteiger partial charge in [0.15, 0.2) is 0 Å². The molecule has 5 nitrogen and oxygen atoms in total. The molecule has 0 saturated carbocycles. The molecule has 5 heteroatoms. The summed E-state index contributed by atoms with van der Waals surface area (Å²) in [6.45, 7) is 4.53. The molecule has 0 radical (unpaired) electrons. The molecule has 2 heterocycles. The van der Waals surface area contributed by atoms with Crippen molar-refractivity contribution < 1.29 is 9.90 Å². The van der Waals surface area contributed by atoms with Gasteiger partial charge in [0.1, 0.15) is 0 Å². The van der Waals surface area contributed by atoms with Crippen LogP contribution in [0.3, 0.4) is 0 Å². The fourth-order valence-electron chi connectivity index (χ4n) is 2.70. The lowest BCUT2D eigenvalue weighted by Gasteiger charge is -2.24. The molecule has 1 amide bonds. The molecule has 0 aromatic carbocycles. The molecule has 110 valence electrons. The molecule has 0 spiro atoms. The van der Waals surface area contributed by atoms with E-state index in [4.69, 9.17) is 0 Å². The van der Waals surface area contributed by atoms with Gasteiger partial charge in [-0.25, -0.2) is 0 Å². The van der Waals surface area contributed by atoms with Gasteiger partial charge in [-0.05, 0) is 39.2 Å². The van der Waals surface area contributed by atoms with Gasteiger partial charge in [0.05, 0.1) is 12.3 Å². The maximum atomic E-state index is 12.3. The fraction of sp³-hybridized carbons (Fsp3) is 0.600. The normalized spacial score (nSPS) is 20.8. The quantitative estimate of drug-likeness (QED) is 0.849. The first-order chi connectivity index (χ1) is 9.49. The molecule has 1 aromatic heterocycles. The first kappa shape index (κ1) is 14.8. The van der Waals surface area contributed by atoms with E-state index in [9.17, 15) is 9.90 Å². The number of carbonyl (C=O) groups is 1. The second-order valence-electron chi connectivity index (χ2n) is 5.55. The van der Waals surface area contributed by atoms with Gasteiger partial charge in [-0.15, -0.1) is 0 Å². The highest BCUT2D eigenvalue weighted by atomic mass is 16.3. The zero-order chi connectivity index (χ0) is 14.7. The Labute approximate surface area is 119 Å². The van der Waals surface area contributed by atoms with Crippen molar-refractivity contribution in [1.82, 2.24) is 14.7 Å². The van der Waals surface area contributed by atoms with Crippen LogP contribution in [0.25, 0.3) is 6.08 Å². The topological polar surface area (TPSA) is 58.4 Å². The molecule has 0 bridgehead atoms. The Morgan fingerprint density at radius 3 is 3.00 bits per heavy atom. The third-order valence-corrected chi connectivity index (χ3v) is 3.95. The van der Waals surface area contributed by atoms with Crippen molar-refractivity contribution in [2.45, 2.75) is 45.3 Å². The molecule has 1 aliphatic rings. The SMILES string of the molecule is Cc1c(/C=C/C(=O)N2CCCC2CC(C)O)cnn1C. The summed E-state index contributed by atoms with van der Waals surface area (Å²) >= 11 is 0. The predicted molar refractivity (Wildman–Crippen MR) is 78.0 cm³/mol. The summed E-state index contributed by atoms with van der Waals surface area (Å²) in [5.41, 5.74) is 2.00. The minimum atomic E-state index is -0.363. The lowest BCUT2D eigenvalue weighted by molar-refractivity contribution is -0.127. The maximum Gasteiger partial charge on any atom is 0.246 e. The van der Waals surface area contributed by atoms with Gasteiger partial charge >= 0.3 is 0 Å². The molecule has 2 rings (SSSR count). The van der Waals surface area contributed by atoms with Crippen LogP contribution >= 0.6 is 0 Å². The monoisotopic (exact) mass is 277 g/mol. The third-order valence-electron chi connectivity index (χ3n) is 3.95. The Bertz CT molecular complexity index is 505. The van der Waals surface area contributed by atoms with Crippen LogP contribution in [0.5, 0.6) is 0 Å². The summed E-state index contributed by atoms with van der Waals surface area (Å²) in [7, 11) is 1.88. The van der Waals surface area contributed by atoms with E-state index in [1.807, 2.05) is 24.9 Å². The van der Waals surface area contributed by atoms with Crippen molar-refractivity contribution in [2.24, 2.45) is 7.05 Å². The molecule has 2 unspecified atom stereocenters. The number of rotatable bonds is 4. The summed E-state index contributed by atoms with van der Waals surface area (Å²) in [6.07, 6.45) is 7.49. The summed E-state index contributed by atoms with van der Waals surface area (Å²) < 4.78 is 1.79. The molecule has 2 atom stereocenters. The van der Waals surface area contributed by atoms with Crippen LogP contribution in [0.4, 0.5) is 0 Å². The van der Waals surface area contributed by atoms with Gasteiger partial charge in [-0.3, -0.25) is 9.48 Å². The van der Waals surface area contributed by atoms with Crippen molar-refractivity contribution in [1.29, 1.82) is 0 Å². The van der Waals surface area contributed by atoms with E-state index in [2.05, 4.69) is 5.10 Å². The van der Waals surface area contributed by atoms with Crippen LogP contribution < -0.4 is 0 Å². The Balaban J connectivity index is 2.02. The van der Waals surface area contributed by atoms with Crippen molar-refractivity contribution in [3.05, 3.63) is 23.5 Å². The third kappa shape index (κ3) is 3.28. The average molecular weight is 277 g/mol. The number of hydrogen-bond donors (Lipinski definition) is 1. The average Bonchev–Trinajstić information content (AvgIpc) is 2.96. The number of aliphatic hydroxyl groups is 1. The number of hydrogen-bond acceptors (Lipinski definition) is 3. The van der Waals surface area contributed by atoms with E-state index in [1.54, 1.807) is 23.9 Å². The van der Waals surface area contributed by atoms with Crippen LogP contribution in [0.2, 0.25) is 0 Å². The number of amides is 1. The van der Waals surface area contributed by atoms with E-state index in [1.165, 1.54) is 0 Å². The Kier molecular flexibility index (Phi) is 4.60. The van der Waals surface area contributed by atoms with Gasteiger partial charge in [0.25, 0.3) is 0 Å². The number of aromatic nitrogens is 2. The van der Waals surface area contributed by atoms with E-state index in [0.717, 1.165) is 30.6 Å². The highest BCUT2D eigenvalue weighted by molar-refractivity contribution is 5.92. The zero-order valence-corrected chi connectivity index (χ0v) is 12.4. The Morgan fingerprint density at radius 1 is 1.65 bits per heavy atom. The van der Waals surface area contributed by atoms with Crippen LogP contribution in [0, 0.1) is 6.92 Å². The van der Waals surface area contributed by atoms with Gasteiger partial charge < -0.3 is 10.0 Å². The van der Waals surface area contributed by atoms with Gasteiger partial charge in [-0.2, -0.15) is 5.10 Å². The molecular formula is C15H23N3O2. The second kappa shape index (κ2) is 6.22. The van der Waals surface area contributed by atoms with Crippen molar-refractivity contribution >= 4 is 12.0 Å². The van der Waals surface area contributed by atoms with E-state index in [-0.39, 0.29) is 18.1 Å². The Hall–Kier alpha value is -1.62. The summed E-state index contributed by atoms with van der Waals surface area (Å²) in [6, 6.07) is 0.169. The van der Waals surface area contributed by atoms with E-state index >= 15 is 0 Å². The molecule has 1 aliphatic heterocycles. The lowest BCUT2D eigenvalue weighted by atomic mass is 10.1. The number of aryl methyl sites for hydroxylation is 1. The maximum absolute atomic E-state index is 12.3. The van der Waals surface area contributed by atoms with Crippen LogP contribution in [0.1, 0.15) is 37.4 Å². The molecule has 1 fully saturated rings. The largest absolute Gasteiger partial charge is 0.393 e. The number of carbonyl (C=O) groups excluding carboxylic acids is 1. The van der Waals surface area contributed by atoms with Crippen molar-refractivity contribution in [3.8, 4) is 0 Å². The van der Waals surface area contributed by atoms with Gasteiger partial charge in [-0.1, -0.05) is 0 Å². The number of aliphatic hydroxyl groups excluding tert-OH is 1. The first-order valence-electron chi connectivity index (χ1n) is 7.14. The fourth-order valence-corrected chi connectivity index (χ4v) is 2.70. The molecular weight excluding hydrogens is 254 g/mol. The minimum absolute atomic E-state index is 0.0244. The second-order valence-corrected chi connectivity index (χ2v) is 5.55. The highest BCUT2D eigenvalue weighted by Crippen LogP contribution is 2.22. The smallest absolute Gasteiger partial charge is 0.246 e. The molecule has 20 heavy (non-hydrogen) atoms. The first-order valence-corrected chi connectivity index (χ1v) is 7.14. The van der Waals surface area contributed by atoms with Crippen LogP contribution in [0.15, 0.2) is 12.3 Å². The van der Waals surface area contributed by atoms with Crippen LogP contribution in [-0.2, 0) is 11.8 Å². The summed E-state index contributed by atoms with van der Waals surface area (Å²) in [5.74, 6) is 0.0244. The molecule has 1 N–H and O–H groups in total. The summed E-state index contributed by atoms with van der Waals surface area (Å²) in [5, 5.41) is 13.6. The van der Waals surface area contributed by atoms with E-state index in [0.29, 0.717) is 6.42 Å². The van der Waals surface area contributed by atoms with Crippen LogP contribution in [-0.4, -0.2) is 44.4 Å². The molecule has 1 saturated heterocycles. The highest BCUT2D eigenvalue weighted by Gasteiger charge is 2.28. The lowest BCUT2D eigenvalue weighted by Crippen LogP contribution is -2.36. The Morgan fingerprint density at radius 2 is 2.40 bits per heavy atom. The zero-order valence-electron chi connectivity index (χ0n) is 12.4. The van der Waals surface area contributed by atoms with Gasteiger partial charge in [0.2, 0.25) is 5.91 Å². The molecule has 0 aliphatic carbocycles. The predicted octanol–water partition coefficient (Wildman–Crippen LogP) is 1.50. The van der Waals surface area contributed by atoms with E-state index < -0.39 is 0 Å². The minimum Gasteiger partial charge on any atom is -0.393 e. The number of nitrogens with zero attached hydrogens (tertiary/aromatic N) is 3. The molecule has 1 aromatic rings. The van der Waals surface area contributed by atoms with Crippen molar-refractivity contribution in [2.75, 3.05) is 6.54 Å².